The number of nitrogens with one attached hydrogen (secondary N) is 2. The molecule has 0 bridgehead atoms. The topological polar surface area (TPSA) is 71.8 Å². The molecule has 2 aromatic rings. The van der Waals surface area contributed by atoms with Crippen molar-refractivity contribution in [3.05, 3.63) is 42.0 Å². The second kappa shape index (κ2) is 5.31. The molecule has 1 heterocycles. The lowest BCUT2D eigenvalue weighted by Gasteiger charge is -2.05. The molecule has 2 N–H and O–H groups in total. The van der Waals surface area contributed by atoms with Crippen LogP contribution in [0.1, 0.15) is 16.2 Å². The zero-order valence-electron chi connectivity index (χ0n) is 10.3. The van der Waals surface area contributed by atoms with E-state index in [0.29, 0.717) is 12.1 Å². The summed E-state index contributed by atoms with van der Waals surface area (Å²) >= 11 is 0. The van der Waals surface area contributed by atoms with Crippen LogP contribution in [0.3, 0.4) is 0 Å². The highest BCUT2D eigenvalue weighted by molar-refractivity contribution is 5.94. The molecule has 94 valence electrons. The molecule has 0 fully saturated rings. The fraction of sp³-hybridized carbons (Fsp3) is 0.250. The third kappa shape index (κ3) is 2.65. The lowest BCUT2D eigenvalue weighted by atomic mass is 10.2. The van der Waals surface area contributed by atoms with E-state index in [0.717, 1.165) is 11.5 Å². The number of amides is 1. The summed E-state index contributed by atoms with van der Waals surface area (Å²) in [5.74, 6) is 0.593. The summed E-state index contributed by atoms with van der Waals surface area (Å²) in [6.45, 7) is 0.364. The van der Waals surface area contributed by atoms with Crippen LogP contribution in [0.5, 0.6) is 0 Å². The van der Waals surface area contributed by atoms with Crippen LogP contribution in [-0.4, -0.2) is 27.7 Å². The second-order valence-corrected chi connectivity index (χ2v) is 3.87. The number of aromatic nitrogens is 3. The van der Waals surface area contributed by atoms with Gasteiger partial charge in [0, 0.05) is 25.3 Å². The molecule has 0 radical (unpaired) electrons. The van der Waals surface area contributed by atoms with Crippen LogP contribution in [0.15, 0.2) is 30.6 Å². The van der Waals surface area contributed by atoms with Crippen LogP contribution in [0.4, 0.5) is 5.69 Å². The quantitative estimate of drug-likeness (QED) is 0.835. The maximum Gasteiger partial charge on any atom is 0.251 e. The average Bonchev–Trinajstić information content (AvgIpc) is 2.81. The molecule has 0 aliphatic rings. The summed E-state index contributed by atoms with van der Waals surface area (Å²) in [6.07, 6.45) is 1.60. The van der Waals surface area contributed by atoms with Crippen molar-refractivity contribution in [3.8, 4) is 0 Å². The van der Waals surface area contributed by atoms with E-state index in [1.165, 1.54) is 0 Å². The normalized spacial score (nSPS) is 10.1. The smallest absolute Gasteiger partial charge is 0.251 e. The molecule has 6 nitrogen and oxygen atoms in total. The van der Waals surface area contributed by atoms with Gasteiger partial charge in [0.05, 0.1) is 6.54 Å². The zero-order chi connectivity index (χ0) is 13.0. The van der Waals surface area contributed by atoms with Crippen molar-refractivity contribution >= 4 is 11.6 Å². The third-order valence-corrected chi connectivity index (χ3v) is 2.65. The van der Waals surface area contributed by atoms with Gasteiger partial charge in [0.2, 0.25) is 0 Å². The van der Waals surface area contributed by atoms with Gasteiger partial charge in [-0.2, -0.15) is 0 Å². The summed E-state index contributed by atoms with van der Waals surface area (Å²) in [4.78, 5) is 11.9. The van der Waals surface area contributed by atoms with Gasteiger partial charge in [-0.25, -0.2) is 0 Å². The summed E-state index contributed by atoms with van der Waals surface area (Å²) < 4.78 is 1.77. The lowest BCUT2D eigenvalue weighted by Crippen LogP contribution is -2.24. The minimum Gasteiger partial charge on any atom is -0.388 e. The van der Waals surface area contributed by atoms with Crippen molar-refractivity contribution in [1.82, 2.24) is 20.1 Å². The second-order valence-electron chi connectivity index (χ2n) is 3.87. The predicted octanol–water partition coefficient (Wildman–Crippen LogP) is 0.787. The molecular weight excluding hydrogens is 230 g/mol. The molecule has 1 aromatic heterocycles. The molecular formula is C12H15N5O. The first-order valence-electron chi connectivity index (χ1n) is 5.59. The van der Waals surface area contributed by atoms with E-state index >= 15 is 0 Å². The van der Waals surface area contributed by atoms with E-state index in [1.54, 1.807) is 23.0 Å². The summed E-state index contributed by atoms with van der Waals surface area (Å²) in [5, 5.41) is 13.4. The number of nitrogens with zero attached hydrogens (tertiary/aromatic N) is 3. The van der Waals surface area contributed by atoms with E-state index in [9.17, 15) is 4.79 Å². The van der Waals surface area contributed by atoms with E-state index in [4.69, 9.17) is 0 Å². The highest BCUT2D eigenvalue weighted by Gasteiger charge is 2.07. The lowest BCUT2D eigenvalue weighted by molar-refractivity contribution is 0.0949. The molecule has 2 rings (SSSR count). The Bertz CT molecular complexity index is 532. The zero-order valence-corrected chi connectivity index (χ0v) is 10.3. The van der Waals surface area contributed by atoms with Crippen LogP contribution in [0.2, 0.25) is 0 Å². The molecule has 1 amide bonds. The van der Waals surface area contributed by atoms with Crippen molar-refractivity contribution in [1.29, 1.82) is 0 Å². The van der Waals surface area contributed by atoms with Gasteiger partial charge < -0.3 is 15.2 Å². The molecule has 6 heteroatoms. The number of hydrogen-bond donors (Lipinski definition) is 2. The minimum absolute atomic E-state index is 0.124. The van der Waals surface area contributed by atoms with Gasteiger partial charge in [-0.3, -0.25) is 4.79 Å². The van der Waals surface area contributed by atoms with E-state index in [1.807, 2.05) is 26.2 Å². The molecule has 0 spiro atoms. The Morgan fingerprint density at radius 2 is 2.06 bits per heavy atom. The Hall–Kier alpha value is -2.37. The molecule has 0 saturated heterocycles. The van der Waals surface area contributed by atoms with Gasteiger partial charge in [0.15, 0.2) is 5.82 Å². The minimum atomic E-state index is -0.124. The van der Waals surface area contributed by atoms with Crippen LogP contribution in [0, 0.1) is 0 Å². The van der Waals surface area contributed by atoms with Gasteiger partial charge in [0.25, 0.3) is 5.91 Å². The Balaban J connectivity index is 1.97. The first kappa shape index (κ1) is 12.1. The monoisotopic (exact) mass is 245 g/mol. The highest BCUT2D eigenvalue weighted by Crippen LogP contribution is 2.08. The molecule has 0 aliphatic heterocycles. The molecule has 0 unspecified atom stereocenters. The van der Waals surface area contributed by atoms with Crippen LogP contribution < -0.4 is 10.6 Å². The largest absolute Gasteiger partial charge is 0.388 e. The number of anilines is 1. The van der Waals surface area contributed by atoms with Gasteiger partial charge in [-0.15, -0.1) is 10.2 Å². The summed E-state index contributed by atoms with van der Waals surface area (Å²) in [6, 6.07) is 7.27. The Labute approximate surface area is 105 Å². The molecule has 0 atom stereocenters. The predicted molar refractivity (Wildman–Crippen MR) is 68.2 cm³/mol. The van der Waals surface area contributed by atoms with E-state index in [2.05, 4.69) is 20.8 Å². The van der Waals surface area contributed by atoms with Crippen molar-refractivity contribution in [2.75, 3.05) is 12.4 Å². The summed E-state index contributed by atoms with van der Waals surface area (Å²) in [5.41, 5.74) is 1.59. The van der Waals surface area contributed by atoms with Crippen LogP contribution in [-0.2, 0) is 13.6 Å². The Kier molecular flexibility index (Phi) is 3.57. The van der Waals surface area contributed by atoms with Crippen LogP contribution >= 0.6 is 0 Å². The van der Waals surface area contributed by atoms with E-state index in [-0.39, 0.29) is 5.91 Å². The first-order chi connectivity index (χ1) is 8.70. The SMILES string of the molecule is CNc1ccc(C(=O)NCc2nncn2C)cc1. The fourth-order valence-electron chi connectivity index (χ4n) is 1.52. The molecule has 1 aromatic carbocycles. The molecule has 18 heavy (non-hydrogen) atoms. The average molecular weight is 245 g/mol. The van der Waals surface area contributed by atoms with Crippen LogP contribution in [0.25, 0.3) is 0 Å². The van der Waals surface area contributed by atoms with Gasteiger partial charge in [0.1, 0.15) is 6.33 Å². The van der Waals surface area contributed by atoms with Gasteiger partial charge in [-0.1, -0.05) is 0 Å². The fourth-order valence-corrected chi connectivity index (χ4v) is 1.52. The molecule has 0 saturated carbocycles. The standard InChI is InChI=1S/C12H15N5O/c1-13-10-5-3-9(4-6-10)12(18)14-7-11-16-15-8-17(11)2/h3-6,8,13H,7H2,1-2H3,(H,14,18). The number of hydrogen-bond acceptors (Lipinski definition) is 4. The number of rotatable bonds is 4. The number of carbonyl (C=O) groups is 1. The number of benzene rings is 1. The van der Waals surface area contributed by atoms with Gasteiger partial charge >= 0.3 is 0 Å². The molecule has 0 aliphatic carbocycles. The summed E-state index contributed by atoms with van der Waals surface area (Å²) in [7, 11) is 3.67. The maximum absolute atomic E-state index is 11.9. The highest BCUT2D eigenvalue weighted by atomic mass is 16.1. The van der Waals surface area contributed by atoms with E-state index < -0.39 is 0 Å². The maximum atomic E-state index is 11.9. The van der Waals surface area contributed by atoms with Gasteiger partial charge in [-0.05, 0) is 24.3 Å². The number of carbonyl (C=O) groups excluding carboxylic acids is 1. The van der Waals surface area contributed by atoms with Crippen molar-refractivity contribution in [2.45, 2.75) is 6.54 Å². The third-order valence-electron chi connectivity index (χ3n) is 2.65. The van der Waals surface area contributed by atoms with Crippen molar-refractivity contribution < 1.29 is 4.79 Å². The Morgan fingerprint density at radius 1 is 1.33 bits per heavy atom. The first-order valence-corrected chi connectivity index (χ1v) is 5.59. The number of aryl methyl sites for hydroxylation is 1. The van der Waals surface area contributed by atoms with Crippen molar-refractivity contribution in [2.24, 2.45) is 7.05 Å². The Morgan fingerprint density at radius 3 is 2.61 bits per heavy atom. The van der Waals surface area contributed by atoms with Crippen molar-refractivity contribution in [3.63, 3.8) is 0 Å².